The number of carbonyl (C=O) groups is 1. The highest BCUT2D eigenvalue weighted by Crippen LogP contribution is 2.31. The summed E-state index contributed by atoms with van der Waals surface area (Å²) in [4.78, 5) is 25.6. The lowest BCUT2D eigenvalue weighted by molar-refractivity contribution is -0.134. The molecule has 0 bridgehead atoms. The van der Waals surface area contributed by atoms with E-state index in [-0.39, 0.29) is 24.5 Å². The lowest BCUT2D eigenvalue weighted by Crippen LogP contribution is -2.16. The number of halogens is 2. The molecule has 0 aliphatic rings. The van der Waals surface area contributed by atoms with Gasteiger partial charge in [-0.25, -0.2) is 0 Å². The number of rotatable bonds is 7. The summed E-state index contributed by atoms with van der Waals surface area (Å²) in [6, 6.07) is 20.8. The van der Waals surface area contributed by atoms with Gasteiger partial charge in [-0.3, -0.25) is 9.59 Å². The van der Waals surface area contributed by atoms with Crippen molar-refractivity contribution >= 4 is 40.1 Å². The average molecular weight is 469 g/mol. The number of ether oxygens (including phenoxy) is 2. The molecule has 4 rings (SSSR count). The Morgan fingerprint density at radius 2 is 1.69 bits per heavy atom. The van der Waals surface area contributed by atoms with Crippen molar-refractivity contribution in [2.75, 3.05) is 6.61 Å². The second-order valence-corrected chi connectivity index (χ2v) is 7.80. The molecule has 0 radical (unpaired) electrons. The van der Waals surface area contributed by atoms with E-state index in [1.807, 2.05) is 18.2 Å². The predicted molar refractivity (Wildman–Crippen MR) is 125 cm³/mol. The van der Waals surface area contributed by atoms with Crippen LogP contribution in [0.2, 0.25) is 10.0 Å². The van der Waals surface area contributed by atoms with Crippen molar-refractivity contribution in [2.24, 2.45) is 0 Å². The van der Waals surface area contributed by atoms with Crippen molar-refractivity contribution in [3.63, 3.8) is 0 Å². The van der Waals surface area contributed by atoms with Gasteiger partial charge >= 0.3 is 5.97 Å². The number of para-hydroxylation sites is 1. The van der Waals surface area contributed by atoms with Crippen LogP contribution >= 0.6 is 23.2 Å². The van der Waals surface area contributed by atoms with Crippen molar-refractivity contribution in [3.05, 3.63) is 93.1 Å². The average Bonchev–Trinajstić information content (AvgIpc) is 2.80. The van der Waals surface area contributed by atoms with E-state index in [0.29, 0.717) is 38.7 Å². The molecule has 0 N–H and O–H groups in total. The summed E-state index contributed by atoms with van der Waals surface area (Å²) in [5.74, 6) is 0.00921. The monoisotopic (exact) mass is 468 g/mol. The summed E-state index contributed by atoms with van der Waals surface area (Å²) in [5, 5.41) is 1.24. The van der Waals surface area contributed by atoms with E-state index in [1.165, 1.54) is 0 Å². The smallest absolute Gasteiger partial charge is 0.311 e. The van der Waals surface area contributed by atoms with Crippen LogP contribution in [0.1, 0.15) is 12.8 Å². The number of benzene rings is 3. The zero-order valence-corrected chi connectivity index (χ0v) is 18.4. The Balaban J connectivity index is 1.50. The molecule has 3 aromatic carbocycles. The van der Waals surface area contributed by atoms with E-state index in [0.717, 1.165) is 0 Å². The minimum absolute atomic E-state index is 0.0473. The van der Waals surface area contributed by atoms with Gasteiger partial charge in [0.15, 0.2) is 5.76 Å². The summed E-state index contributed by atoms with van der Waals surface area (Å²) < 4.78 is 17.0. The molecular formula is C25H18Cl2O5. The summed E-state index contributed by atoms with van der Waals surface area (Å²) in [5.41, 5.74) is 0.659. The van der Waals surface area contributed by atoms with E-state index in [2.05, 4.69) is 0 Å². The third kappa shape index (κ3) is 4.96. The van der Waals surface area contributed by atoms with Crippen molar-refractivity contribution in [2.45, 2.75) is 12.8 Å². The molecule has 0 saturated carbocycles. The molecule has 1 heterocycles. The van der Waals surface area contributed by atoms with Crippen molar-refractivity contribution in [1.82, 2.24) is 0 Å². The van der Waals surface area contributed by atoms with Crippen LogP contribution in [0.4, 0.5) is 0 Å². The topological polar surface area (TPSA) is 65.7 Å². The standard InChI is InChI=1S/C25H18Cl2O5/c26-17-12-13-21(19(27)15-17)30-14-6-11-22(28)32-25-23(29)18-9-4-5-10-20(18)31-24(25)16-7-2-1-3-8-16/h1-5,7-10,12-13,15H,6,11,14H2. The summed E-state index contributed by atoms with van der Waals surface area (Å²) in [7, 11) is 0. The molecule has 0 fully saturated rings. The van der Waals surface area contributed by atoms with Gasteiger partial charge in [-0.05, 0) is 36.8 Å². The number of fused-ring (bicyclic) bond motifs is 1. The molecule has 0 aliphatic carbocycles. The highest BCUT2D eigenvalue weighted by Gasteiger charge is 2.20. The first-order valence-corrected chi connectivity index (χ1v) is 10.7. The molecule has 32 heavy (non-hydrogen) atoms. The minimum Gasteiger partial charge on any atom is -0.492 e. The van der Waals surface area contributed by atoms with Gasteiger partial charge in [0.05, 0.1) is 17.0 Å². The van der Waals surface area contributed by atoms with Gasteiger partial charge in [-0.2, -0.15) is 0 Å². The van der Waals surface area contributed by atoms with Gasteiger partial charge in [-0.15, -0.1) is 0 Å². The first-order chi connectivity index (χ1) is 15.5. The van der Waals surface area contributed by atoms with E-state index < -0.39 is 11.4 Å². The van der Waals surface area contributed by atoms with Crippen LogP contribution < -0.4 is 14.9 Å². The number of carbonyl (C=O) groups excluding carboxylic acids is 1. The molecule has 0 atom stereocenters. The zero-order valence-electron chi connectivity index (χ0n) is 16.8. The fourth-order valence-electron chi connectivity index (χ4n) is 3.15. The summed E-state index contributed by atoms with van der Waals surface area (Å²) in [6.07, 6.45) is 0.420. The maximum Gasteiger partial charge on any atom is 0.311 e. The van der Waals surface area contributed by atoms with Crippen LogP contribution in [0.15, 0.2) is 82.0 Å². The van der Waals surface area contributed by atoms with Gasteiger partial charge < -0.3 is 13.9 Å². The molecular weight excluding hydrogens is 451 g/mol. The molecule has 4 aromatic rings. The zero-order chi connectivity index (χ0) is 22.5. The second-order valence-electron chi connectivity index (χ2n) is 6.95. The number of esters is 1. The molecule has 5 nitrogen and oxygen atoms in total. The Hall–Kier alpha value is -3.28. The van der Waals surface area contributed by atoms with Crippen molar-refractivity contribution in [3.8, 4) is 22.8 Å². The fourth-order valence-corrected chi connectivity index (χ4v) is 3.62. The SMILES string of the molecule is O=C(CCCOc1ccc(Cl)cc1Cl)Oc1c(-c2ccccc2)oc2ccccc2c1=O. The highest BCUT2D eigenvalue weighted by molar-refractivity contribution is 6.35. The molecule has 0 amide bonds. The van der Waals surface area contributed by atoms with Crippen molar-refractivity contribution in [1.29, 1.82) is 0 Å². The minimum atomic E-state index is -0.560. The lowest BCUT2D eigenvalue weighted by Gasteiger charge is -2.11. The molecule has 1 aromatic heterocycles. The Labute approximate surface area is 194 Å². The van der Waals surface area contributed by atoms with Crippen LogP contribution in [0, 0.1) is 0 Å². The van der Waals surface area contributed by atoms with Gasteiger partial charge in [0.25, 0.3) is 0 Å². The molecule has 0 unspecified atom stereocenters. The fraction of sp³-hybridized carbons (Fsp3) is 0.120. The Morgan fingerprint density at radius 1 is 0.938 bits per heavy atom. The lowest BCUT2D eigenvalue weighted by atomic mass is 10.1. The molecule has 0 spiro atoms. The van der Waals surface area contributed by atoms with E-state index >= 15 is 0 Å². The van der Waals surface area contributed by atoms with Gasteiger partial charge in [0, 0.05) is 17.0 Å². The number of hydrogen-bond donors (Lipinski definition) is 0. The van der Waals surface area contributed by atoms with Gasteiger partial charge in [-0.1, -0.05) is 65.7 Å². The predicted octanol–water partition coefficient (Wildman–Crippen LogP) is 6.53. The number of hydrogen-bond acceptors (Lipinski definition) is 5. The maximum absolute atomic E-state index is 13.1. The Bertz CT molecular complexity index is 1320. The second kappa shape index (κ2) is 9.90. The third-order valence-electron chi connectivity index (χ3n) is 4.68. The quantitative estimate of drug-likeness (QED) is 0.227. The largest absolute Gasteiger partial charge is 0.492 e. The van der Waals surface area contributed by atoms with E-state index in [9.17, 15) is 9.59 Å². The maximum atomic E-state index is 13.1. The third-order valence-corrected chi connectivity index (χ3v) is 5.22. The Morgan fingerprint density at radius 3 is 2.47 bits per heavy atom. The van der Waals surface area contributed by atoms with Crippen LogP contribution in [0.25, 0.3) is 22.3 Å². The van der Waals surface area contributed by atoms with Crippen LogP contribution in [0.5, 0.6) is 11.5 Å². The van der Waals surface area contributed by atoms with Gasteiger partial charge in [0.1, 0.15) is 11.3 Å². The first-order valence-electron chi connectivity index (χ1n) is 9.93. The Kier molecular flexibility index (Phi) is 6.78. The first kappa shape index (κ1) is 21.9. The van der Waals surface area contributed by atoms with Crippen molar-refractivity contribution < 1.29 is 18.7 Å². The van der Waals surface area contributed by atoms with Gasteiger partial charge in [0.2, 0.25) is 11.2 Å². The highest BCUT2D eigenvalue weighted by atomic mass is 35.5. The summed E-state index contributed by atoms with van der Waals surface area (Å²) >= 11 is 11.9. The van der Waals surface area contributed by atoms with Crippen LogP contribution in [-0.4, -0.2) is 12.6 Å². The van der Waals surface area contributed by atoms with E-state index in [4.69, 9.17) is 37.1 Å². The molecule has 7 heteroatoms. The molecule has 0 saturated heterocycles. The summed E-state index contributed by atoms with van der Waals surface area (Å²) in [6.45, 7) is 0.244. The van der Waals surface area contributed by atoms with Crippen LogP contribution in [-0.2, 0) is 4.79 Å². The normalized spacial score (nSPS) is 10.8. The molecule has 162 valence electrons. The van der Waals surface area contributed by atoms with Crippen LogP contribution in [0.3, 0.4) is 0 Å². The van der Waals surface area contributed by atoms with E-state index in [1.54, 1.807) is 54.6 Å². The molecule has 0 aliphatic heterocycles.